The smallest absolute Gasteiger partial charge is 0.191 e. The van der Waals surface area contributed by atoms with Gasteiger partial charge in [-0.05, 0) is 44.1 Å². The van der Waals surface area contributed by atoms with Gasteiger partial charge in [0.1, 0.15) is 5.76 Å². The van der Waals surface area contributed by atoms with Crippen LogP contribution >= 0.6 is 0 Å². The highest BCUT2D eigenvalue weighted by atomic mass is 16.5. The summed E-state index contributed by atoms with van der Waals surface area (Å²) in [5.74, 6) is 3.18. The van der Waals surface area contributed by atoms with Crippen molar-refractivity contribution < 1.29 is 13.9 Å². The molecule has 1 fully saturated rings. The molecule has 1 aliphatic heterocycles. The third-order valence-corrected chi connectivity index (χ3v) is 5.07. The number of benzene rings is 1. The molecule has 2 N–H and O–H groups in total. The molecule has 1 saturated heterocycles. The lowest BCUT2D eigenvalue weighted by atomic mass is 10.2. The van der Waals surface area contributed by atoms with E-state index >= 15 is 0 Å². The van der Waals surface area contributed by atoms with Crippen LogP contribution in [-0.2, 0) is 6.54 Å². The number of nitrogens with zero attached hydrogens (tertiary/aromatic N) is 2. The number of rotatable bonds is 8. The Labute approximate surface area is 166 Å². The van der Waals surface area contributed by atoms with Crippen LogP contribution < -0.4 is 20.1 Å². The molecule has 0 aliphatic carbocycles. The number of aliphatic imine (C=N–C) groups is 1. The number of nitrogens with one attached hydrogen (secondary N) is 2. The largest absolute Gasteiger partial charge is 0.493 e. The van der Waals surface area contributed by atoms with Crippen molar-refractivity contribution in [2.24, 2.45) is 4.99 Å². The third-order valence-electron chi connectivity index (χ3n) is 5.07. The Morgan fingerprint density at radius 3 is 2.61 bits per heavy atom. The molecule has 1 aliphatic rings. The second-order valence-corrected chi connectivity index (χ2v) is 6.73. The first-order valence-corrected chi connectivity index (χ1v) is 9.68. The van der Waals surface area contributed by atoms with E-state index in [1.807, 2.05) is 30.3 Å². The molecule has 1 atom stereocenters. The van der Waals surface area contributed by atoms with Crippen molar-refractivity contribution in [1.29, 1.82) is 0 Å². The number of methoxy groups -OCH3 is 2. The van der Waals surface area contributed by atoms with Crippen molar-refractivity contribution in [3.05, 3.63) is 47.9 Å². The molecule has 7 nitrogen and oxygen atoms in total. The second kappa shape index (κ2) is 10.0. The second-order valence-electron chi connectivity index (χ2n) is 6.73. The van der Waals surface area contributed by atoms with Crippen LogP contribution in [0.5, 0.6) is 11.5 Å². The van der Waals surface area contributed by atoms with Crippen LogP contribution in [0, 0.1) is 0 Å². The Morgan fingerprint density at radius 2 is 1.96 bits per heavy atom. The Morgan fingerprint density at radius 1 is 1.14 bits per heavy atom. The van der Waals surface area contributed by atoms with E-state index in [4.69, 9.17) is 13.9 Å². The van der Waals surface area contributed by atoms with Crippen LogP contribution in [0.25, 0.3) is 0 Å². The van der Waals surface area contributed by atoms with E-state index in [9.17, 15) is 0 Å². The normalized spacial score (nSPS) is 16.0. The van der Waals surface area contributed by atoms with Crippen molar-refractivity contribution in [3.8, 4) is 11.5 Å². The van der Waals surface area contributed by atoms with Gasteiger partial charge in [0.05, 0.1) is 26.5 Å². The predicted octanol–water partition coefficient (Wildman–Crippen LogP) is 2.80. The van der Waals surface area contributed by atoms with Gasteiger partial charge in [-0.3, -0.25) is 9.89 Å². The lowest BCUT2D eigenvalue weighted by molar-refractivity contribution is 0.215. The Hall–Kier alpha value is -2.67. The molecule has 7 heteroatoms. The van der Waals surface area contributed by atoms with Crippen LogP contribution in [0.3, 0.4) is 0 Å². The van der Waals surface area contributed by atoms with Gasteiger partial charge in [0.2, 0.25) is 0 Å². The highest BCUT2D eigenvalue weighted by Gasteiger charge is 2.25. The number of guanidine groups is 1. The fraction of sp³-hybridized carbons (Fsp3) is 0.476. The minimum atomic E-state index is 0.197. The van der Waals surface area contributed by atoms with Crippen LogP contribution in [0.2, 0.25) is 0 Å². The fourth-order valence-corrected chi connectivity index (χ4v) is 3.63. The summed E-state index contributed by atoms with van der Waals surface area (Å²) in [6.07, 6.45) is 4.21. The molecule has 0 amide bonds. The van der Waals surface area contributed by atoms with Crippen LogP contribution in [0.15, 0.2) is 46.0 Å². The topological polar surface area (TPSA) is 71.3 Å². The molecule has 1 aromatic carbocycles. The van der Waals surface area contributed by atoms with Crippen molar-refractivity contribution in [2.45, 2.75) is 25.4 Å². The van der Waals surface area contributed by atoms with Crippen molar-refractivity contribution >= 4 is 5.96 Å². The summed E-state index contributed by atoms with van der Waals surface area (Å²) in [5.41, 5.74) is 1.01. The summed E-state index contributed by atoms with van der Waals surface area (Å²) in [5, 5.41) is 6.79. The molecule has 2 heterocycles. The van der Waals surface area contributed by atoms with Crippen molar-refractivity contribution in [1.82, 2.24) is 15.5 Å². The average Bonchev–Trinajstić information content (AvgIpc) is 3.44. The van der Waals surface area contributed by atoms with Gasteiger partial charge >= 0.3 is 0 Å². The number of para-hydroxylation sites is 1. The maximum absolute atomic E-state index is 5.69. The van der Waals surface area contributed by atoms with E-state index in [-0.39, 0.29) is 6.04 Å². The van der Waals surface area contributed by atoms with E-state index in [0.717, 1.165) is 48.4 Å². The predicted molar refractivity (Wildman–Crippen MR) is 110 cm³/mol. The molecule has 152 valence electrons. The molecule has 1 aromatic heterocycles. The lowest BCUT2D eigenvalue weighted by Crippen LogP contribution is -2.42. The van der Waals surface area contributed by atoms with Gasteiger partial charge in [-0.2, -0.15) is 0 Å². The van der Waals surface area contributed by atoms with Crippen LogP contribution in [0.4, 0.5) is 0 Å². The number of furan rings is 1. The standard InChI is InChI=1S/C21H30N4O3/c1-22-21(23-14-16-8-6-9-19(26-2)20(16)27-3)24-15-17(18-10-7-13-28-18)25-11-4-5-12-25/h6-10,13,17H,4-5,11-12,14-15H2,1-3H3,(H2,22,23,24). The van der Waals surface area contributed by atoms with Crippen LogP contribution in [0.1, 0.15) is 30.2 Å². The molecule has 2 aromatic rings. The van der Waals surface area contributed by atoms with Gasteiger partial charge < -0.3 is 24.5 Å². The Balaban J connectivity index is 1.61. The maximum atomic E-state index is 5.69. The average molecular weight is 386 g/mol. The summed E-state index contributed by atoms with van der Waals surface area (Å²) in [6.45, 7) is 3.50. The summed E-state index contributed by atoms with van der Waals surface area (Å²) >= 11 is 0. The Kier molecular flexibility index (Phi) is 7.19. The van der Waals surface area contributed by atoms with Gasteiger partial charge in [0, 0.05) is 25.7 Å². The van der Waals surface area contributed by atoms with Crippen molar-refractivity contribution in [3.63, 3.8) is 0 Å². The van der Waals surface area contributed by atoms with Gasteiger partial charge in [0.25, 0.3) is 0 Å². The van der Waals surface area contributed by atoms with Gasteiger partial charge in [0.15, 0.2) is 17.5 Å². The van der Waals surface area contributed by atoms with E-state index in [1.165, 1.54) is 12.8 Å². The van der Waals surface area contributed by atoms with E-state index in [0.29, 0.717) is 6.54 Å². The van der Waals surface area contributed by atoms with Crippen molar-refractivity contribution in [2.75, 3.05) is 40.9 Å². The number of ether oxygens (including phenoxy) is 2. The zero-order valence-corrected chi connectivity index (χ0v) is 16.9. The van der Waals surface area contributed by atoms with Gasteiger partial charge in [-0.15, -0.1) is 0 Å². The lowest BCUT2D eigenvalue weighted by Gasteiger charge is -2.26. The summed E-state index contributed by atoms with van der Waals surface area (Å²) in [4.78, 5) is 6.82. The first-order chi connectivity index (χ1) is 13.8. The maximum Gasteiger partial charge on any atom is 0.191 e. The summed E-state index contributed by atoms with van der Waals surface area (Å²) < 4.78 is 16.6. The Bertz CT molecular complexity index is 755. The monoisotopic (exact) mass is 386 g/mol. The first-order valence-electron chi connectivity index (χ1n) is 9.68. The number of hydrogen-bond acceptors (Lipinski definition) is 5. The first kappa shape index (κ1) is 20.1. The van der Waals surface area contributed by atoms with E-state index < -0.39 is 0 Å². The van der Waals surface area contributed by atoms with Gasteiger partial charge in [-0.1, -0.05) is 12.1 Å². The van der Waals surface area contributed by atoms with E-state index in [1.54, 1.807) is 27.5 Å². The fourth-order valence-electron chi connectivity index (χ4n) is 3.63. The zero-order valence-electron chi connectivity index (χ0n) is 16.9. The molecule has 0 radical (unpaired) electrons. The number of hydrogen-bond donors (Lipinski definition) is 2. The molecule has 28 heavy (non-hydrogen) atoms. The summed E-state index contributed by atoms with van der Waals surface area (Å²) in [6, 6.07) is 10.0. The van der Waals surface area contributed by atoms with Gasteiger partial charge in [-0.25, -0.2) is 0 Å². The quantitative estimate of drug-likeness (QED) is 0.537. The highest BCUT2D eigenvalue weighted by molar-refractivity contribution is 5.79. The minimum Gasteiger partial charge on any atom is -0.493 e. The molecular formula is C21H30N4O3. The molecule has 0 bridgehead atoms. The molecular weight excluding hydrogens is 356 g/mol. The third kappa shape index (κ3) is 4.78. The zero-order chi connectivity index (χ0) is 19.8. The molecule has 0 saturated carbocycles. The number of likely N-dealkylation sites (tertiary alicyclic amines) is 1. The molecule has 3 rings (SSSR count). The summed E-state index contributed by atoms with van der Waals surface area (Å²) in [7, 11) is 5.07. The minimum absolute atomic E-state index is 0.197. The van der Waals surface area contributed by atoms with E-state index in [2.05, 4.69) is 20.5 Å². The SMILES string of the molecule is CN=C(NCc1cccc(OC)c1OC)NCC(c1ccco1)N1CCCC1. The van der Waals surface area contributed by atoms with Crippen LogP contribution in [-0.4, -0.2) is 51.8 Å². The molecule has 1 unspecified atom stereocenters. The molecule has 0 spiro atoms. The highest BCUT2D eigenvalue weighted by Crippen LogP contribution is 2.30.